The number of rotatable bonds is 2. The second-order valence-electron chi connectivity index (χ2n) is 2.09. The van der Waals surface area contributed by atoms with Crippen LogP contribution in [0.15, 0.2) is 0 Å². The van der Waals surface area contributed by atoms with E-state index in [2.05, 4.69) is 0 Å². The summed E-state index contributed by atoms with van der Waals surface area (Å²) in [5.74, 6) is 0. The molecule has 1 saturated heterocycles. The number of nitrogens with zero attached hydrogens (tertiary/aromatic N) is 2. The molecule has 0 aromatic rings. The minimum atomic E-state index is -0.425. The van der Waals surface area contributed by atoms with Gasteiger partial charge in [0.05, 0.1) is 0 Å². The summed E-state index contributed by atoms with van der Waals surface area (Å²) in [6, 6.07) is -0.301. The highest BCUT2D eigenvalue weighted by Crippen LogP contribution is 2.07. The molecular formula is C5H10N2O3. The van der Waals surface area contributed by atoms with E-state index in [1.165, 1.54) is 4.90 Å². The molecule has 0 aromatic heterocycles. The van der Waals surface area contributed by atoms with E-state index in [-0.39, 0.29) is 6.03 Å². The highest BCUT2D eigenvalue weighted by Gasteiger charge is 2.27. The molecule has 5 nitrogen and oxygen atoms in total. The summed E-state index contributed by atoms with van der Waals surface area (Å²) in [5.41, 5.74) is 0. The van der Waals surface area contributed by atoms with Gasteiger partial charge in [0.1, 0.15) is 13.5 Å². The van der Waals surface area contributed by atoms with Crippen molar-refractivity contribution in [2.45, 2.75) is 0 Å². The lowest BCUT2D eigenvalue weighted by Gasteiger charge is -2.16. The Bertz CT molecular complexity index is 131. The summed E-state index contributed by atoms with van der Waals surface area (Å²) in [4.78, 5) is 13.4. The quantitative estimate of drug-likeness (QED) is 0.373. The van der Waals surface area contributed by atoms with Crippen LogP contribution in [0.4, 0.5) is 4.79 Å². The minimum absolute atomic E-state index is 0.301. The first-order valence-corrected chi connectivity index (χ1v) is 3.05. The fourth-order valence-corrected chi connectivity index (χ4v) is 0.607. The normalized spacial score (nSPS) is 15.2. The van der Waals surface area contributed by atoms with Crippen molar-refractivity contribution in [3.8, 4) is 0 Å². The Morgan fingerprint density at radius 3 is 2.20 bits per heavy atom. The van der Waals surface area contributed by atoms with Crippen molar-refractivity contribution in [3.05, 3.63) is 0 Å². The number of hydrogen-bond donors (Lipinski definition) is 2. The van der Waals surface area contributed by atoms with Gasteiger partial charge in [-0.25, -0.2) is 4.79 Å². The first kappa shape index (κ1) is 7.30. The zero-order chi connectivity index (χ0) is 7.56. The predicted octanol–water partition coefficient (Wildman–Crippen LogP) is -1.38. The zero-order valence-electron chi connectivity index (χ0n) is 5.53. The molecule has 2 amide bonds. The van der Waals surface area contributed by atoms with Gasteiger partial charge in [0.25, 0.3) is 0 Å². The molecule has 0 bridgehead atoms. The van der Waals surface area contributed by atoms with Gasteiger partial charge >= 0.3 is 6.03 Å². The fourth-order valence-electron chi connectivity index (χ4n) is 0.607. The molecule has 1 heterocycles. The summed E-state index contributed by atoms with van der Waals surface area (Å²) in [6.45, 7) is 0.613. The average Bonchev–Trinajstić information content (AvgIpc) is 2.71. The molecule has 58 valence electrons. The Hall–Kier alpha value is -0.810. The average molecular weight is 146 g/mol. The van der Waals surface area contributed by atoms with Crippen LogP contribution in [0, 0.1) is 0 Å². The SMILES string of the molecule is O=C(N(CO)CO)N1CC1. The first-order chi connectivity index (χ1) is 4.79. The van der Waals surface area contributed by atoms with Crippen LogP contribution in [0.3, 0.4) is 0 Å². The number of amides is 2. The van der Waals surface area contributed by atoms with Crippen LogP contribution in [-0.2, 0) is 0 Å². The summed E-state index contributed by atoms with van der Waals surface area (Å²) in [5, 5.41) is 17.0. The molecule has 0 radical (unpaired) electrons. The molecule has 2 N–H and O–H groups in total. The number of aliphatic hydroxyl groups is 2. The molecule has 1 rings (SSSR count). The van der Waals surface area contributed by atoms with E-state index >= 15 is 0 Å². The van der Waals surface area contributed by atoms with E-state index in [1.807, 2.05) is 0 Å². The van der Waals surface area contributed by atoms with Crippen LogP contribution in [-0.4, -0.2) is 52.6 Å². The van der Waals surface area contributed by atoms with E-state index in [9.17, 15) is 4.79 Å². The Kier molecular flexibility index (Phi) is 2.08. The molecule has 0 aliphatic carbocycles. The molecule has 1 aliphatic rings. The summed E-state index contributed by atoms with van der Waals surface area (Å²) in [7, 11) is 0. The van der Waals surface area contributed by atoms with E-state index in [1.54, 1.807) is 0 Å². The zero-order valence-corrected chi connectivity index (χ0v) is 5.53. The van der Waals surface area contributed by atoms with Crippen molar-refractivity contribution in [2.24, 2.45) is 0 Å². The molecule has 10 heavy (non-hydrogen) atoms. The highest BCUT2D eigenvalue weighted by atomic mass is 16.3. The van der Waals surface area contributed by atoms with Crippen LogP contribution in [0.2, 0.25) is 0 Å². The summed E-state index contributed by atoms with van der Waals surface area (Å²) < 4.78 is 0. The summed E-state index contributed by atoms with van der Waals surface area (Å²) >= 11 is 0. The van der Waals surface area contributed by atoms with E-state index in [4.69, 9.17) is 10.2 Å². The molecule has 1 fully saturated rings. The molecular weight excluding hydrogens is 136 g/mol. The number of carbonyl (C=O) groups is 1. The Morgan fingerprint density at radius 1 is 1.40 bits per heavy atom. The van der Waals surface area contributed by atoms with Crippen LogP contribution in [0.25, 0.3) is 0 Å². The number of urea groups is 1. The number of carbonyl (C=O) groups excluding carboxylic acids is 1. The predicted molar refractivity (Wildman–Crippen MR) is 33.0 cm³/mol. The van der Waals surface area contributed by atoms with E-state index < -0.39 is 13.5 Å². The van der Waals surface area contributed by atoms with Crippen molar-refractivity contribution < 1.29 is 15.0 Å². The lowest BCUT2D eigenvalue weighted by Crippen LogP contribution is -2.36. The highest BCUT2D eigenvalue weighted by molar-refractivity contribution is 5.76. The van der Waals surface area contributed by atoms with Gasteiger partial charge in [-0.3, -0.25) is 4.90 Å². The van der Waals surface area contributed by atoms with Gasteiger partial charge in [-0.2, -0.15) is 0 Å². The van der Waals surface area contributed by atoms with Gasteiger partial charge in [-0.15, -0.1) is 0 Å². The van der Waals surface area contributed by atoms with Gasteiger partial charge in [0.15, 0.2) is 0 Å². The van der Waals surface area contributed by atoms with E-state index in [0.29, 0.717) is 0 Å². The maximum atomic E-state index is 10.9. The van der Waals surface area contributed by atoms with Crippen molar-refractivity contribution in [1.82, 2.24) is 9.80 Å². The molecule has 5 heteroatoms. The topological polar surface area (TPSA) is 63.8 Å². The van der Waals surface area contributed by atoms with Crippen LogP contribution in [0.1, 0.15) is 0 Å². The van der Waals surface area contributed by atoms with Gasteiger partial charge in [-0.05, 0) is 0 Å². The monoisotopic (exact) mass is 146 g/mol. The number of aliphatic hydroxyl groups excluding tert-OH is 2. The van der Waals surface area contributed by atoms with Crippen LogP contribution >= 0.6 is 0 Å². The van der Waals surface area contributed by atoms with Crippen molar-refractivity contribution in [3.63, 3.8) is 0 Å². The molecule has 0 saturated carbocycles. The summed E-state index contributed by atoms with van der Waals surface area (Å²) in [6.07, 6.45) is 0. The lowest BCUT2D eigenvalue weighted by molar-refractivity contribution is 0.0510. The van der Waals surface area contributed by atoms with E-state index in [0.717, 1.165) is 18.0 Å². The van der Waals surface area contributed by atoms with Crippen molar-refractivity contribution in [1.29, 1.82) is 0 Å². The standard InChI is InChI=1S/C5H10N2O3/c8-3-7(4-9)5(10)6-1-2-6/h8-9H,1-4H2. The molecule has 1 aliphatic heterocycles. The molecule has 0 aromatic carbocycles. The van der Waals surface area contributed by atoms with Gasteiger partial charge in [0, 0.05) is 13.1 Å². The molecule has 0 spiro atoms. The maximum Gasteiger partial charge on any atom is 0.323 e. The maximum absolute atomic E-state index is 10.9. The van der Waals surface area contributed by atoms with Crippen molar-refractivity contribution >= 4 is 6.03 Å². The smallest absolute Gasteiger partial charge is 0.323 e. The Balaban J connectivity index is 2.35. The van der Waals surface area contributed by atoms with Gasteiger partial charge < -0.3 is 15.1 Å². The van der Waals surface area contributed by atoms with Gasteiger partial charge in [0.2, 0.25) is 0 Å². The third-order valence-electron chi connectivity index (χ3n) is 1.33. The Morgan fingerprint density at radius 2 is 1.90 bits per heavy atom. The third-order valence-corrected chi connectivity index (χ3v) is 1.33. The first-order valence-electron chi connectivity index (χ1n) is 3.05. The van der Waals surface area contributed by atoms with Crippen LogP contribution in [0.5, 0.6) is 0 Å². The molecule has 0 unspecified atom stereocenters. The second kappa shape index (κ2) is 2.85. The second-order valence-corrected chi connectivity index (χ2v) is 2.09. The Labute approximate surface area is 58.5 Å². The van der Waals surface area contributed by atoms with Crippen molar-refractivity contribution in [2.75, 3.05) is 26.6 Å². The molecule has 0 atom stereocenters. The minimum Gasteiger partial charge on any atom is -0.376 e. The van der Waals surface area contributed by atoms with Gasteiger partial charge in [-0.1, -0.05) is 0 Å². The number of hydrogen-bond acceptors (Lipinski definition) is 3. The fraction of sp³-hybridized carbons (Fsp3) is 0.800. The van der Waals surface area contributed by atoms with Crippen LogP contribution < -0.4 is 0 Å². The lowest BCUT2D eigenvalue weighted by atomic mass is 10.8. The largest absolute Gasteiger partial charge is 0.376 e. The third kappa shape index (κ3) is 1.37.